The summed E-state index contributed by atoms with van der Waals surface area (Å²) in [5.41, 5.74) is -1.93. The lowest BCUT2D eigenvalue weighted by atomic mass is 9.86. The van der Waals surface area contributed by atoms with Crippen LogP contribution >= 0.6 is 0 Å². The van der Waals surface area contributed by atoms with Crippen LogP contribution in [0, 0.1) is 11.7 Å². The topological polar surface area (TPSA) is 87.3 Å². The summed E-state index contributed by atoms with van der Waals surface area (Å²) in [5.74, 6) is -2.30. The predicted molar refractivity (Wildman–Crippen MR) is 103 cm³/mol. The number of hydrogen-bond donors (Lipinski definition) is 3. The fourth-order valence-corrected chi connectivity index (χ4v) is 3.35. The summed E-state index contributed by atoms with van der Waals surface area (Å²) in [6, 6.07) is 6.59. The summed E-state index contributed by atoms with van der Waals surface area (Å²) in [5, 5.41) is 7.21. The van der Waals surface area contributed by atoms with Crippen molar-refractivity contribution in [2.45, 2.75) is 25.6 Å². The number of imide groups is 1. The summed E-state index contributed by atoms with van der Waals surface area (Å²) in [4.78, 5) is 36.7. The van der Waals surface area contributed by atoms with Crippen LogP contribution < -0.4 is 16.0 Å². The van der Waals surface area contributed by atoms with Gasteiger partial charge in [0.1, 0.15) is 11.4 Å². The SMILES string of the molecule is CC(C)[C@]1(CNC(=O)c2ccc(F)cc2-c2ccc(C(F)(F)F)cc2)NC(=O)NC1=O. The number of nitrogens with one attached hydrogen (secondary N) is 3. The van der Waals surface area contributed by atoms with Gasteiger partial charge in [-0.1, -0.05) is 26.0 Å². The number of hydrogen-bond acceptors (Lipinski definition) is 3. The van der Waals surface area contributed by atoms with Crippen molar-refractivity contribution in [1.82, 2.24) is 16.0 Å². The summed E-state index contributed by atoms with van der Waals surface area (Å²) >= 11 is 0. The molecule has 1 aliphatic heterocycles. The Kier molecular flexibility index (Phi) is 5.75. The van der Waals surface area contributed by atoms with Crippen molar-refractivity contribution in [2.75, 3.05) is 6.54 Å². The van der Waals surface area contributed by atoms with E-state index in [9.17, 15) is 31.9 Å². The van der Waals surface area contributed by atoms with Gasteiger partial charge in [-0.25, -0.2) is 9.18 Å². The van der Waals surface area contributed by atoms with E-state index >= 15 is 0 Å². The van der Waals surface area contributed by atoms with Crippen molar-refractivity contribution in [3.05, 3.63) is 59.4 Å². The molecule has 164 valence electrons. The largest absolute Gasteiger partial charge is 0.416 e. The van der Waals surface area contributed by atoms with Crippen molar-refractivity contribution in [2.24, 2.45) is 5.92 Å². The van der Waals surface area contributed by atoms with Crippen LogP contribution in [0.15, 0.2) is 42.5 Å². The zero-order valence-electron chi connectivity index (χ0n) is 16.6. The van der Waals surface area contributed by atoms with Gasteiger partial charge in [-0.3, -0.25) is 14.9 Å². The monoisotopic (exact) mass is 437 g/mol. The van der Waals surface area contributed by atoms with Crippen LogP contribution in [-0.2, 0) is 11.0 Å². The maximum Gasteiger partial charge on any atom is 0.416 e. The quantitative estimate of drug-likeness (QED) is 0.495. The molecule has 1 aliphatic rings. The van der Waals surface area contributed by atoms with E-state index in [1.165, 1.54) is 6.07 Å². The van der Waals surface area contributed by atoms with E-state index in [2.05, 4.69) is 16.0 Å². The van der Waals surface area contributed by atoms with Gasteiger partial charge in [0, 0.05) is 5.56 Å². The van der Waals surface area contributed by atoms with Crippen molar-refractivity contribution in [3.8, 4) is 11.1 Å². The molecule has 3 N–H and O–H groups in total. The number of alkyl halides is 3. The number of halogens is 4. The Morgan fingerprint density at radius 2 is 1.74 bits per heavy atom. The van der Waals surface area contributed by atoms with Gasteiger partial charge in [0.25, 0.3) is 11.8 Å². The van der Waals surface area contributed by atoms with Crippen LogP contribution in [0.25, 0.3) is 11.1 Å². The average molecular weight is 437 g/mol. The van der Waals surface area contributed by atoms with Crippen LogP contribution in [0.3, 0.4) is 0 Å². The van der Waals surface area contributed by atoms with E-state index in [-0.39, 0.29) is 29.2 Å². The minimum Gasteiger partial charge on any atom is -0.349 e. The molecule has 0 unspecified atom stereocenters. The number of carbonyl (C=O) groups is 3. The lowest BCUT2D eigenvalue weighted by Crippen LogP contribution is -2.58. The van der Waals surface area contributed by atoms with Crippen LogP contribution in [0.2, 0.25) is 0 Å². The Bertz CT molecular complexity index is 1040. The molecule has 4 amide bonds. The third kappa shape index (κ3) is 4.37. The molecule has 1 saturated heterocycles. The molecule has 2 aromatic rings. The molecule has 0 aliphatic carbocycles. The predicted octanol–water partition coefficient (Wildman–Crippen LogP) is 3.48. The Labute approximate surface area is 175 Å². The molecule has 6 nitrogen and oxygen atoms in total. The summed E-state index contributed by atoms with van der Waals surface area (Å²) < 4.78 is 52.3. The molecule has 10 heteroatoms. The summed E-state index contributed by atoms with van der Waals surface area (Å²) in [6.07, 6.45) is -4.53. The number of benzene rings is 2. The maximum atomic E-state index is 13.8. The first-order chi connectivity index (χ1) is 14.4. The van der Waals surface area contributed by atoms with E-state index in [4.69, 9.17) is 0 Å². The molecular formula is C21H19F4N3O3. The normalized spacial score (nSPS) is 18.7. The Balaban J connectivity index is 1.89. The summed E-state index contributed by atoms with van der Waals surface area (Å²) in [7, 11) is 0. The maximum absolute atomic E-state index is 13.8. The van der Waals surface area contributed by atoms with Gasteiger partial charge in [0.15, 0.2) is 0 Å². The Morgan fingerprint density at radius 3 is 2.26 bits per heavy atom. The standard InChI is InChI=1S/C21H19F4N3O3/c1-11(2)20(18(30)27-19(31)28-20)10-26-17(29)15-8-7-14(22)9-16(15)12-3-5-13(6-4-12)21(23,24)25/h3-9,11H,10H2,1-2H3,(H,26,29)(H2,27,28,30,31)/t20-/m0/s1. The highest BCUT2D eigenvalue weighted by Gasteiger charge is 2.48. The molecule has 3 rings (SSSR count). The first-order valence-electron chi connectivity index (χ1n) is 9.33. The molecule has 31 heavy (non-hydrogen) atoms. The highest BCUT2D eigenvalue weighted by Crippen LogP contribution is 2.32. The first-order valence-corrected chi connectivity index (χ1v) is 9.33. The van der Waals surface area contributed by atoms with E-state index in [0.717, 1.165) is 36.4 Å². The lowest BCUT2D eigenvalue weighted by Gasteiger charge is -2.30. The number of rotatable bonds is 5. The molecule has 1 fully saturated rings. The van der Waals surface area contributed by atoms with Gasteiger partial charge in [-0.2, -0.15) is 13.2 Å². The molecule has 1 heterocycles. The molecule has 1 atom stereocenters. The van der Waals surface area contributed by atoms with Crippen LogP contribution in [0.4, 0.5) is 22.4 Å². The highest BCUT2D eigenvalue weighted by atomic mass is 19.4. The van der Waals surface area contributed by atoms with E-state index in [1.54, 1.807) is 13.8 Å². The zero-order valence-corrected chi connectivity index (χ0v) is 16.6. The first kappa shape index (κ1) is 22.3. The van der Waals surface area contributed by atoms with Gasteiger partial charge in [-0.05, 0) is 47.4 Å². The van der Waals surface area contributed by atoms with E-state index < -0.39 is 40.9 Å². The fourth-order valence-electron chi connectivity index (χ4n) is 3.35. The third-order valence-corrected chi connectivity index (χ3v) is 5.23. The van der Waals surface area contributed by atoms with Crippen molar-refractivity contribution >= 4 is 17.8 Å². The second-order valence-electron chi connectivity index (χ2n) is 7.48. The smallest absolute Gasteiger partial charge is 0.349 e. The molecule has 2 aromatic carbocycles. The minimum atomic E-state index is -4.53. The molecule has 0 spiro atoms. The molecule has 0 bridgehead atoms. The zero-order chi connectivity index (χ0) is 23.0. The minimum absolute atomic E-state index is 0.00444. The Hall–Kier alpha value is -3.43. The van der Waals surface area contributed by atoms with E-state index in [0.29, 0.717) is 0 Å². The molecule has 0 saturated carbocycles. The highest BCUT2D eigenvalue weighted by molar-refractivity contribution is 6.08. The van der Waals surface area contributed by atoms with Gasteiger partial charge in [0.05, 0.1) is 12.1 Å². The average Bonchev–Trinajstić information content (AvgIpc) is 2.99. The van der Waals surface area contributed by atoms with Crippen LogP contribution in [-0.4, -0.2) is 29.9 Å². The van der Waals surface area contributed by atoms with Crippen molar-refractivity contribution in [1.29, 1.82) is 0 Å². The number of urea groups is 1. The second-order valence-corrected chi connectivity index (χ2v) is 7.48. The van der Waals surface area contributed by atoms with Crippen molar-refractivity contribution < 1.29 is 31.9 Å². The van der Waals surface area contributed by atoms with Gasteiger partial charge in [0.2, 0.25) is 0 Å². The van der Waals surface area contributed by atoms with Gasteiger partial charge < -0.3 is 10.6 Å². The second kappa shape index (κ2) is 8.01. The lowest BCUT2D eigenvalue weighted by molar-refractivity contribution is -0.137. The van der Waals surface area contributed by atoms with E-state index in [1.807, 2.05) is 0 Å². The molecule has 0 aromatic heterocycles. The van der Waals surface area contributed by atoms with Gasteiger partial charge >= 0.3 is 12.2 Å². The van der Waals surface area contributed by atoms with Gasteiger partial charge in [-0.15, -0.1) is 0 Å². The third-order valence-electron chi connectivity index (χ3n) is 5.23. The number of amides is 4. The summed E-state index contributed by atoms with van der Waals surface area (Å²) in [6.45, 7) is 3.16. The number of carbonyl (C=O) groups excluding carboxylic acids is 3. The van der Waals surface area contributed by atoms with Crippen molar-refractivity contribution in [3.63, 3.8) is 0 Å². The Morgan fingerprint density at radius 1 is 1.10 bits per heavy atom. The van der Waals surface area contributed by atoms with Crippen LogP contribution in [0.1, 0.15) is 29.8 Å². The fraction of sp³-hybridized carbons (Fsp3) is 0.286. The van der Waals surface area contributed by atoms with Crippen LogP contribution in [0.5, 0.6) is 0 Å². The molecular weight excluding hydrogens is 418 g/mol. The molecule has 0 radical (unpaired) electrons.